The maximum absolute atomic E-state index is 13.2. The molecule has 166 valence electrons. The first-order valence-electron chi connectivity index (χ1n) is 10.6. The van der Waals surface area contributed by atoms with Crippen LogP contribution in [0.15, 0.2) is 53.5 Å². The number of hydrogen-bond acceptors (Lipinski definition) is 3. The monoisotopic (exact) mass is 441 g/mol. The Hall–Kier alpha value is -3.29. The van der Waals surface area contributed by atoms with Gasteiger partial charge in [-0.25, -0.2) is 0 Å². The van der Waals surface area contributed by atoms with Crippen LogP contribution in [-0.2, 0) is 12.6 Å². The number of halogens is 3. The zero-order valence-electron chi connectivity index (χ0n) is 17.5. The van der Waals surface area contributed by atoms with E-state index in [9.17, 15) is 22.8 Å². The van der Waals surface area contributed by atoms with Gasteiger partial charge in [-0.1, -0.05) is 18.2 Å². The first kappa shape index (κ1) is 20.6. The molecule has 0 bridgehead atoms. The highest BCUT2D eigenvalue weighted by Crippen LogP contribution is 2.33. The summed E-state index contributed by atoms with van der Waals surface area (Å²) in [7, 11) is 0. The minimum absolute atomic E-state index is 0.149. The van der Waals surface area contributed by atoms with Gasteiger partial charge in [0.2, 0.25) is 5.43 Å². The number of aromatic nitrogens is 1. The molecule has 5 nitrogen and oxygen atoms in total. The molecule has 1 amide bonds. The Kier molecular flexibility index (Phi) is 4.76. The number of amides is 1. The van der Waals surface area contributed by atoms with Crippen molar-refractivity contribution in [2.24, 2.45) is 0 Å². The molecule has 1 atom stereocenters. The maximum Gasteiger partial charge on any atom is 0.416 e. The molecule has 8 heteroatoms. The number of nitrogens with zero attached hydrogens (tertiary/aromatic N) is 3. The van der Waals surface area contributed by atoms with Crippen LogP contribution in [0.5, 0.6) is 0 Å². The van der Waals surface area contributed by atoms with Crippen LogP contribution in [0.4, 0.5) is 18.9 Å². The van der Waals surface area contributed by atoms with Crippen LogP contribution in [-0.4, -0.2) is 41.6 Å². The maximum atomic E-state index is 13.2. The molecule has 3 aromatic rings. The molecule has 2 aromatic carbocycles. The van der Waals surface area contributed by atoms with E-state index in [-0.39, 0.29) is 22.9 Å². The topological polar surface area (TPSA) is 45.6 Å². The Morgan fingerprint density at radius 3 is 2.47 bits per heavy atom. The molecule has 0 radical (unpaired) electrons. The average molecular weight is 441 g/mol. The number of rotatable bonds is 2. The molecule has 1 saturated heterocycles. The van der Waals surface area contributed by atoms with Gasteiger partial charge in [0.15, 0.2) is 0 Å². The highest BCUT2D eigenvalue weighted by Gasteiger charge is 2.32. The summed E-state index contributed by atoms with van der Waals surface area (Å²) in [5.74, 6) is -0.325. The quantitative estimate of drug-likeness (QED) is 0.602. The van der Waals surface area contributed by atoms with Gasteiger partial charge in [-0.3, -0.25) is 9.59 Å². The van der Waals surface area contributed by atoms with Crippen LogP contribution >= 0.6 is 0 Å². The van der Waals surface area contributed by atoms with Crippen LogP contribution in [0, 0.1) is 0 Å². The summed E-state index contributed by atoms with van der Waals surface area (Å²) >= 11 is 0. The van der Waals surface area contributed by atoms with Crippen molar-refractivity contribution in [3.8, 4) is 0 Å². The molecule has 1 aromatic heterocycles. The molecule has 1 fully saturated rings. The van der Waals surface area contributed by atoms with Gasteiger partial charge < -0.3 is 14.4 Å². The van der Waals surface area contributed by atoms with E-state index < -0.39 is 11.7 Å². The van der Waals surface area contributed by atoms with Gasteiger partial charge >= 0.3 is 6.18 Å². The van der Waals surface area contributed by atoms with Gasteiger partial charge in [-0.2, -0.15) is 13.2 Å². The van der Waals surface area contributed by atoms with Gasteiger partial charge in [0.1, 0.15) is 5.56 Å². The number of pyridine rings is 1. The highest BCUT2D eigenvalue weighted by atomic mass is 19.4. The molecule has 0 aliphatic carbocycles. The molecular weight excluding hydrogens is 419 g/mol. The van der Waals surface area contributed by atoms with E-state index in [0.717, 1.165) is 29.6 Å². The van der Waals surface area contributed by atoms with Crippen molar-refractivity contribution >= 4 is 22.5 Å². The number of carbonyl (C=O) groups excluding carboxylic acids is 1. The van der Waals surface area contributed by atoms with Crippen molar-refractivity contribution in [2.45, 2.75) is 25.6 Å². The number of piperazine rings is 1. The van der Waals surface area contributed by atoms with Crippen molar-refractivity contribution in [3.63, 3.8) is 0 Å². The van der Waals surface area contributed by atoms with Crippen LogP contribution in [0.25, 0.3) is 10.9 Å². The first-order valence-corrected chi connectivity index (χ1v) is 10.6. The van der Waals surface area contributed by atoms with Crippen LogP contribution < -0.4 is 10.3 Å². The minimum atomic E-state index is -4.40. The predicted molar refractivity (Wildman–Crippen MR) is 116 cm³/mol. The smallest absolute Gasteiger partial charge is 0.368 e. The lowest BCUT2D eigenvalue weighted by atomic mass is 10.1. The molecule has 32 heavy (non-hydrogen) atoms. The zero-order valence-corrected chi connectivity index (χ0v) is 17.5. The molecule has 5 rings (SSSR count). The Balaban J connectivity index is 1.38. The summed E-state index contributed by atoms with van der Waals surface area (Å²) in [6.07, 6.45) is -1.90. The summed E-state index contributed by atoms with van der Waals surface area (Å²) in [5, 5.41) is 0.556. The van der Waals surface area contributed by atoms with E-state index >= 15 is 0 Å². The Labute approximate surface area is 182 Å². The predicted octanol–water partition coefficient (Wildman–Crippen LogP) is 4.10. The second-order valence-corrected chi connectivity index (χ2v) is 8.47. The zero-order chi connectivity index (χ0) is 22.6. The van der Waals surface area contributed by atoms with E-state index in [1.165, 1.54) is 6.07 Å². The largest absolute Gasteiger partial charge is 0.416 e. The third-order valence-electron chi connectivity index (χ3n) is 6.46. The van der Waals surface area contributed by atoms with E-state index in [4.69, 9.17) is 0 Å². The lowest BCUT2D eigenvalue weighted by Crippen LogP contribution is -2.49. The summed E-state index contributed by atoms with van der Waals surface area (Å²) in [6.45, 7) is 3.53. The Morgan fingerprint density at radius 2 is 1.75 bits per heavy atom. The van der Waals surface area contributed by atoms with Crippen molar-refractivity contribution < 1.29 is 18.0 Å². The SMILES string of the molecule is CC1Cc2cccc3c(=O)c(C(=O)N4CCN(c5cccc(C(F)(F)F)c5)CC4)cn1c23. The molecule has 0 spiro atoms. The van der Waals surface area contributed by atoms with Gasteiger partial charge in [0.05, 0.1) is 11.1 Å². The lowest BCUT2D eigenvalue weighted by molar-refractivity contribution is -0.137. The second-order valence-electron chi connectivity index (χ2n) is 8.47. The minimum Gasteiger partial charge on any atom is -0.368 e. The lowest BCUT2D eigenvalue weighted by Gasteiger charge is -2.36. The number of carbonyl (C=O) groups is 1. The molecule has 3 heterocycles. The number of para-hydroxylation sites is 1. The molecule has 0 N–H and O–H groups in total. The van der Waals surface area contributed by atoms with E-state index in [2.05, 4.69) is 6.92 Å². The molecule has 2 aliphatic heterocycles. The van der Waals surface area contributed by atoms with Crippen molar-refractivity contribution in [2.75, 3.05) is 31.1 Å². The first-order chi connectivity index (χ1) is 15.2. The van der Waals surface area contributed by atoms with E-state index in [1.807, 2.05) is 21.6 Å². The van der Waals surface area contributed by atoms with E-state index in [1.54, 1.807) is 23.2 Å². The molecule has 2 aliphatic rings. The Morgan fingerprint density at radius 1 is 1.03 bits per heavy atom. The van der Waals surface area contributed by atoms with Crippen molar-refractivity contribution in [1.29, 1.82) is 0 Å². The fraction of sp³-hybridized carbons (Fsp3) is 0.333. The normalized spacial score (nSPS) is 18.4. The highest BCUT2D eigenvalue weighted by molar-refractivity contribution is 5.98. The molecule has 0 saturated carbocycles. The third kappa shape index (κ3) is 3.34. The standard InChI is InChI=1S/C24H22F3N3O2/c1-15-12-16-4-2-7-19-21(16)30(15)14-20(22(19)31)23(32)29-10-8-28(9-11-29)18-6-3-5-17(13-18)24(25,26)27/h2-7,13-15H,8-12H2,1H3. The summed E-state index contributed by atoms with van der Waals surface area (Å²) < 4.78 is 41.1. The van der Waals surface area contributed by atoms with Gasteiger partial charge in [0.25, 0.3) is 5.91 Å². The van der Waals surface area contributed by atoms with Gasteiger partial charge in [-0.05, 0) is 43.2 Å². The van der Waals surface area contributed by atoms with Gasteiger partial charge in [-0.15, -0.1) is 0 Å². The van der Waals surface area contributed by atoms with Crippen molar-refractivity contribution in [1.82, 2.24) is 9.47 Å². The summed E-state index contributed by atoms with van der Waals surface area (Å²) in [6, 6.07) is 11.0. The average Bonchev–Trinajstić information content (AvgIpc) is 3.11. The Bertz CT molecular complexity index is 1270. The third-order valence-corrected chi connectivity index (χ3v) is 6.46. The number of alkyl halides is 3. The van der Waals surface area contributed by atoms with Crippen LogP contribution in [0.2, 0.25) is 0 Å². The number of hydrogen-bond donors (Lipinski definition) is 0. The fourth-order valence-corrected chi connectivity index (χ4v) is 4.79. The molecular formula is C24H22F3N3O2. The van der Waals surface area contributed by atoms with Crippen LogP contribution in [0.3, 0.4) is 0 Å². The molecule has 1 unspecified atom stereocenters. The van der Waals surface area contributed by atoms with Crippen LogP contribution in [0.1, 0.15) is 34.5 Å². The summed E-state index contributed by atoms with van der Waals surface area (Å²) in [5.41, 5.74) is 1.68. The number of anilines is 1. The number of benzene rings is 2. The summed E-state index contributed by atoms with van der Waals surface area (Å²) in [4.78, 5) is 29.8. The van der Waals surface area contributed by atoms with Crippen molar-refractivity contribution in [3.05, 3.63) is 75.6 Å². The fourth-order valence-electron chi connectivity index (χ4n) is 4.79. The van der Waals surface area contributed by atoms with E-state index in [0.29, 0.717) is 37.3 Å². The second kappa shape index (κ2) is 7.39. The van der Waals surface area contributed by atoms with Gasteiger partial charge in [0, 0.05) is 49.5 Å².